The Balaban J connectivity index is 1.52. The molecular weight excluding hydrogens is 350 g/mol. The van der Waals surface area contributed by atoms with Gasteiger partial charge in [0.05, 0.1) is 23.6 Å². The average Bonchev–Trinajstić information content (AvgIpc) is 2.97. The number of guanidine groups is 1. The van der Waals surface area contributed by atoms with Crippen LogP contribution in [0.2, 0.25) is 0 Å². The van der Waals surface area contributed by atoms with Crippen molar-refractivity contribution >= 4 is 32.5 Å². The van der Waals surface area contributed by atoms with Crippen LogP contribution in [0, 0.1) is 0 Å². The summed E-state index contributed by atoms with van der Waals surface area (Å²) in [6.07, 6.45) is 0.631. The standard InChI is InChI=1S/C18H25N5O2S/c1-2-19-18(22-15-9-12-26(24,25)13-15)21-11-10-20-17-8-7-14-5-3-4-6-16(14)23-17/h3-8,15H,2,9-13H2,1H3,(H,20,23)(H2,19,21,22). The van der Waals surface area contributed by atoms with Crippen molar-refractivity contribution in [2.45, 2.75) is 19.4 Å². The molecule has 0 bridgehead atoms. The van der Waals surface area contributed by atoms with Crippen LogP contribution in [0.5, 0.6) is 0 Å². The smallest absolute Gasteiger partial charge is 0.191 e. The SMILES string of the molecule is CCNC(=NCCNc1ccc2ccccc2n1)NC1CCS(=O)(=O)C1. The molecule has 1 atom stereocenters. The predicted octanol–water partition coefficient (Wildman–Crippen LogP) is 1.39. The number of sulfone groups is 1. The number of nitrogens with zero attached hydrogens (tertiary/aromatic N) is 2. The van der Waals surface area contributed by atoms with Crippen LogP contribution < -0.4 is 16.0 Å². The van der Waals surface area contributed by atoms with Gasteiger partial charge in [-0.1, -0.05) is 18.2 Å². The Labute approximate surface area is 154 Å². The largest absolute Gasteiger partial charge is 0.368 e. The van der Waals surface area contributed by atoms with Crippen molar-refractivity contribution < 1.29 is 8.42 Å². The van der Waals surface area contributed by atoms with Crippen molar-refractivity contribution in [1.82, 2.24) is 15.6 Å². The molecule has 1 aliphatic heterocycles. The Morgan fingerprint density at radius 2 is 2.12 bits per heavy atom. The molecule has 1 aromatic carbocycles. The lowest BCUT2D eigenvalue weighted by molar-refractivity contribution is 0.599. The number of fused-ring (bicyclic) bond motifs is 1. The van der Waals surface area contributed by atoms with Gasteiger partial charge in [0.25, 0.3) is 0 Å². The van der Waals surface area contributed by atoms with Gasteiger partial charge in [-0.25, -0.2) is 13.4 Å². The average molecular weight is 375 g/mol. The molecule has 2 heterocycles. The lowest BCUT2D eigenvalue weighted by Gasteiger charge is -2.15. The molecule has 3 N–H and O–H groups in total. The summed E-state index contributed by atoms with van der Waals surface area (Å²) in [7, 11) is -2.90. The summed E-state index contributed by atoms with van der Waals surface area (Å²) in [5.41, 5.74) is 0.957. The zero-order chi connectivity index (χ0) is 18.4. The van der Waals surface area contributed by atoms with Gasteiger partial charge in [-0.2, -0.15) is 0 Å². The van der Waals surface area contributed by atoms with E-state index in [1.165, 1.54) is 0 Å². The second kappa shape index (κ2) is 8.35. The monoisotopic (exact) mass is 375 g/mol. The number of hydrogen-bond acceptors (Lipinski definition) is 5. The van der Waals surface area contributed by atoms with Crippen molar-refractivity contribution in [3.63, 3.8) is 0 Å². The number of hydrogen-bond donors (Lipinski definition) is 3. The summed E-state index contributed by atoms with van der Waals surface area (Å²) < 4.78 is 23.1. The zero-order valence-corrected chi connectivity index (χ0v) is 15.7. The van der Waals surface area contributed by atoms with Crippen LogP contribution >= 0.6 is 0 Å². The van der Waals surface area contributed by atoms with E-state index in [-0.39, 0.29) is 17.5 Å². The molecule has 1 aliphatic rings. The summed E-state index contributed by atoms with van der Waals surface area (Å²) in [5, 5.41) is 10.8. The van der Waals surface area contributed by atoms with Crippen LogP contribution in [0.15, 0.2) is 41.4 Å². The van der Waals surface area contributed by atoms with E-state index < -0.39 is 9.84 Å². The van der Waals surface area contributed by atoms with E-state index in [1.54, 1.807) is 0 Å². The molecule has 3 rings (SSSR count). The van der Waals surface area contributed by atoms with Crippen LogP contribution in [0.25, 0.3) is 10.9 Å². The maximum atomic E-state index is 11.6. The molecule has 1 saturated heterocycles. The molecule has 1 unspecified atom stereocenters. The van der Waals surface area contributed by atoms with Gasteiger partial charge in [-0.15, -0.1) is 0 Å². The van der Waals surface area contributed by atoms with Crippen molar-refractivity contribution in [1.29, 1.82) is 0 Å². The summed E-state index contributed by atoms with van der Waals surface area (Å²) in [6, 6.07) is 11.9. The molecule has 0 saturated carbocycles. The van der Waals surface area contributed by atoms with Gasteiger partial charge >= 0.3 is 0 Å². The Bertz CT molecular complexity index is 882. The van der Waals surface area contributed by atoms with Gasteiger partial charge < -0.3 is 16.0 Å². The first-order valence-electron chi connectivity index (χ1n) is 8.91. The number of aliphatic imine (C=N–C) groups is 1. The van der Waals surface area contributed by atoms with Crippen LogP contribution in [0.4, 0.5) is 5.82 Å². The highest BCUT2D eigenvalue weighted by Crippen LogP contribution is 2.14. The highest BCUT2D eigenvalue weighted by molar-refractivity contribution is 7.91. The third kappa shape index (κ3) is 5.08. The summed E-state index contributed by atoms with van der Waals surface area (Å²) in [4.78, 5) is 9.08. The molecule has 1 aromatic heterocycles. The Hall–Kier alpha value is -2.35. The fourth-order valence-electron chi connectivity index (χ4n) is 2.94. The normalized spacial score (nSPS) is 19.4. The molecule has 0 spiro atoms. The van der Waals surface area contributed by atoms with Crippen molar-refractivity contribution in [2.24, 2.45) is 4.99 Å². The fraction of sp³-hybridized carbons (Fsp3) is 0.444. The Kier molecular flexibility index (Phi) is 5.92. The quantitative estimate of drug-likeness (QED) is 0.401. The number of nitrogens with one attached hydrogen (secondary N) is 3. The Morgan fingerprint density at radius 1 is 1.27 bits per heavy atom. The lowest BCUT2D eigenvalue weighted by atomic mass is 10.2. The topological polar surface area (TPSA) is 95.5 Å². The molecule has 26 heavy (non-hydrogen) atoms. The maximum absolute atomic E-state index is 11.6. The molecule has 140 valence electrons. The van der Waals surface area contributed by atoms with Crippen molar-refractivity contribution in [2.75, 3.05) is 36.5 Å². The molecule has 2 aromatic rings. The van der Waals surface area contributed by atoms with E-state index >= 15 is 0 Å². The van der Waals surface area contributed by atoms with Crippen LogP contribution in [0.1, 0.15) is 13.3 Å². The molecule has 0 amide bonds. The first-order chi connectivity index (χ1) is 12.6. The lowest BCUT2D eigenvalue weighted by Crippen LogP contribution is -2.44. The minimum atomic E-state index is -2.90. The third-order valence-electron chi connectivity index (χ3n) is 4.20. The number of pyridine rings is 1. The van der Waals surface area contributed by atoms with Gasteiger partial charge in [-0.05, 0) is 31.5 Å². The van der Waals surface area contributed by atoms with Gasteiger partial charge in [0.2, 0.25) is 0 Å². The van der Waals surface area contributed by atoms with Crippen LogP contribution in [-0.4, -0.2) is 56.5 Å². The first-order valence-corrected chi connectivity index (χ1v) is 10.7. The summed E-state index contributed by atoms with van der Waals surface area (Å²) >= 11 is 0. The molecular formula is C18H25N5O2S. The minimum Gasteiger partial charge on any atom is -0.368 e. The Morgan fingerprint density at radius 3 is 2.88 bits per heavy atom. The molecule has 1 fully saturated rings. The predicted molar refractivity (Wildman–Crippen MR) is 106 cm³/mol. The molecule has 0 radical (unpaired) electrons. The second-order valence-electron chi connectivity index (χ2n) is 6.32. The maximum Gasteiger partial charge on any atom is 0.191 e. The minimum absolute atomic E-state index is 0.0621. The summed E-state index contributed by atoms with van der Waals surface area (Å²) in [6.45, 7) is 3.92. The van der Waals surface area contributed by atoms with Gasteiger partial charge in [0.1, 0.15) is 5.82 Å². The van der Waals surface area contributed by atoms with E-state index in [0.717, 1.165) is 23.3 Å². The van der Waals surface area contributed by atoms with Crippen LogP contribution in [-0.2, 0) is 9.84 Å². The summed E-state index contributed by atoms with van der Waals surface area (Å²) in [5.74, 6) is 1.90. The van der Waals surface area contributed by atoms with Crippen molar-refractivity contribution in [3.05, 3.63) is 36.4 Å². The third-order valence-corrected chi connectivity index (χ3v) is 5.97. The van der Waals surface area contributed by atoms with Crippen LogP contribution in [0.3, 0.4) is 0 Å². The number of rotatable bonds is 6. The van der Waals surface area contributed by atoms with E-state index in [1.807, 2.05) is 43.3 Å². The molecule has 8 heteroatoms. The highest BCUT2D eigenvalue weighted by atomic mass is 32.2. The number of aromatic nitrogens is 1. The van der Waals surface area contributed by atoms with E-state index in [9.17, 15) is 8.42 Å². The second-order valence-corrected chi connectivity index (χ2v) is 8.55. The number of para-hydroxylation sites is 1. The number of benzene rings is 1. The van der Waals surface area contributed by atoms with E-state index in [4.69, 9.17) is 0 Å². The van der Waals surface area contributed by atoms with E-state index in [0.29, 0.717) is 25.5 Å². The zero-order valence-electron chi connectivity index (χ0n) is 14.9. The fourth-order valence-corrected chi connectivity index (χ4v) is 4.61. The highest BCUT2D eigenvalue weighted by Gasteiger charge is 2.28. The van der Waals surface area contributed by atoms with E-state index in [2.05, 4.69) is 25.9 Å². The van der Waals surface area contributed by atoms with Gasteiger partial charge in [0, 0.05) is 24.5 Å². The first kappa shape index (κ1) is 18.4. The molecule has 7 nitrogen and oxygen atoms in total. The van der Waals surface area contributed by atoms with Gasteiger partial charge in [0.15, 0.2) is 15.8 Å². The molecule has 0 aliphatic carbocycles. The van der Waals surface area contributed by atoms with Gasteiger partial charge in [-0.3, -0.25) is 4.99 Å². The van der Waals surface area contributed by atoms with Crippen molar-refractivity contribution in [3.8, 4) is 0 Å². The number of anilines is 1.